The molecule has 0 heterocycles. The summed E-state index contributed by atoms with van der Waals surface area (Å²) in [7, 11) is 0. The van der Waals surface area contributed by atoms with E-state index in [1.165, 1.54) is 12.1 Å². The standard InChI is InChI=1S/C13H18N2O4/c1-3-14(10(2)8-13(16)17)9-11-4-6-12(7-5-11)15(18)19/h4-7,10H,3,8-9H2,1-2H3,(H,16,17). The van der Waals surface area contributed by atoms with Crippen LogP contribution in [0.4, 0.5) is 5.69 Å². The quantitative estimate of drug-likeness (QED) is 0.604. The highest BCUT2D eigenvalue weighted by Crippen LogP contribution is 2.15. The van der Waals surface area contributed by atoms with E-state index in [-0.39, 0.29) is 18.2 Å². The zero-order valence-corrected chi connectivity index (χ0v) is 11.1. The molecule has 0 aliphatic rings. The van der Waals surface area contributed by atoms with Gasteiger partial charge in [0.25, 0.3) is 5.69 Å². The first kappa shape index (κ1) is 15.1. The number of carboxylic acids is 1. The van der Waals surface area contributed by atoms with E-state index in [0.29, 0.717) is 6.54 Å². The number of non-ortho nitro benzene ring substituents is 1. The number of carboxylic acid groups (broad SMARTS) is 1. The molecule has 1 aromatic carbocycles. The number of nitrogens with zero attached hydrogens (tertiary/aromatic N) is 2. The lowest BCUT2D eigenvalue weighted by atomic mass is 10.1. The molecule has 0 spiro atoms. The highest BCUT2D eigenvalue weighted by Gasteiger charge is 2.16. The van der Waals surface area contributed by atoms with Crippen molar-refractivity contribution in [3.8, 4) is 0 Å². The van der Waals surface area contributed by atoms with Gasteiger partial charge >= 0.3 is 5.97 Å². The first-order valence-corrected chi connectivity index (χ1v) is 6.13. The van der Waals surface area contributed by atoms with Crippen LogP contribution >= 0.6 is 0 Å². The topological polar surface area (TPSA) is 83.7 Å². The van der Waals surface area contributed by atoms with Crippen LogP contribution in [0.3, 0.4) is 0 Å². The van der Waals surface area contributed by atoms with Crippen molar-refractivity contribution in [2.75, 3.05) is 6.54 Å². The van der Waals surface area contributed by atoms with Crippen LogP contribution in [-0.4, -0.2) is 33.5 Å². The lowest BCUT2D eigenvalue weighted by Gasteiger charge is -2.26. The van der Waals surface area contributed by atoms with Crippen molar-refractivity contribution in [2.45, 2.75) is 32.9 Å². The Balaban J connectivity index is 2.70. The molecule has 0 radical (unpaired) electrons. The Hall–Kier alpha value is -1.95. The van der Waals surface area contributed by atoms with Crippen LogP contribution < -0.4 is 0 Å². The summed E-state index contributed by atoms with van der Waals surface area (Å²) in [4.78, 5) is 22.8. The average molecular weight is 266 g/mol. The van der Waals surface area contributed by atoms with Gasteiger partial charge in [0, 0.05) is 24.7 Å². The van der Waals surface area contributed by atoms with E-state index in [4.69, 9.17) is 5.11 Å². The second kappa shape index (κ2) is 6.84. The van der Waals surface area contributed by atoms with Gasteiger partial charge in [-0.1, -0.05) is 19.1 Å². The molecule has 6 heteroatoms. The molecule has 0 aromatic heterocycles. The maximum atomic E-state index is 10.7. The van der Waals surface area contributed by atoms with Gasteiger partial charge in [0.1, 0.15) is 0 Å². The smallest absolute Gasteiger partial charge is 0.304 e. The van der Waals surface area contributed by atoms with Gasteiger partial charge in [0.05, 0.1) is 11.3 Å². The van der Waals surface area contributed by atoms with Crippen molar-refractivity contribution in [1.82, 2.24) is 4.90 Å². The lowest BCUT2D eigenvalue weighted by molar-refractivity contribution is -0.384. The molecule has 0 amide bonds. The summed E-state index contributed by atoms with van der Waals surface area (Å²) >= 11 is 0. The minimum Gasteiger partial charge on any atom is -0.481 e. The fourth-order valence-electron chi connectivity index (χ4n) is 1.92. The van der Waals surface area contributed by atoms with Crippen molar-refractivity contribution in [1.29, 1.82) is 0 Å². The van der Waals surface area contributed by atoms with Crippen LogP contribution in [0.5, 0.6) is 0 Å². The molecule has 1 unspecified atom stereocenters. The Morgan fingerprint density at radius 2 is 2.00 bits per heavy atom. The zero-order valence-electron chi connectivity index (χ0n) is 11.1. The first-order valence-electron chi connectivity index (χ1n) is 6.13. The predicted octanol–water partition coefficient (Wildman–Crippen LogP) is 2.28. The molecule has 1 rings (SSSR count). The summed E-state index contributed by atoms with van der Waals surface area (Å²) in [6, 6.07) is 6.26. The van der Waals surface area contributed by atoms with E-state index in [1.54, 1.807) is 12.1 Å². The first-order chi connectivity index (χ1) is 8.93. The number of benzene rings is 1. The number of carbonyl (C=O) groups is 1. The second-order valence-electron chi connectivity index (χ2n) is 4.43. The third-order valence-corrected chi connectivity index (χ3v) is 3.03. The second-order valence-corrected chi connectivity index (χ2v) is 4.43. The van der Waals surface area contributed by atoms with Gasteiger partial charge in [-0.3, -0.25) is 19.8 Å². The minimum atomic E-state index is -0.824. The predicted molar refractivity (Wildman–Crippen MR) is 70.9 cm³/mol. The molecule has 1 aromatic rings. The molecule has 1 N–H and O–H groups in total. The largest absolute Gasteiger partial charge is 0.481 e. The van der Waals surface area contributed by atoms with Gasteiger partial charge in [0.2, 0.25) is 0 Å². The Morgan fingerprint density at radius 1 is 1.42 bits per heavy atom. The Kier molecular flexibility index (Phi) is 5.44. The summed E-state index contributed by atoms with van der Waals surface area (Å²) in [6.45, 7) is 5.14. The fourth-order valence-corrected chi connectivity index (χ4v) is 1.92. The van der Waals surface area contributed by atoms with Gasteiger partial charge < -0.3 is 5.11 Å². The number of aliphatic carboxylic acids is 1. The summed E-state index contributed by atoms with van der Waals surface area (Å²) in [5.41, 5.74) is 0.995. The maximum absolute atomic E-state index is 10.7. The van der Waals surface area contributed by atoms with E-state index in [1.807, 2.05) is 18.7 Å². The van der Waals surface area contributed by atoms with Gasteiger partial charge in [-0.05, 0) is 19.0 Å². The van der Waals surface area contributed by atoms with Crippen molar-refractivity contribution in [2.24, 2.45) is 0 Å². The number of hydrogen-bond donors (Lipinski definition) is 1. The summed E-state index contributed by atoms with van der Waals surface area (Å²) < 4.78 is 0. The SMILES string of the molecule is CCN(Cc1ccc([N+](=O)[O-])cc1)C(C)CC(=O)O. The molecule has 0 bridgehead atoms. The van der Waals surface area contributed by atoms with E-state index < -0.39 is 10.9 Å². The molecule has 0 fully saturated rings. The average Bonchev–Trinajstić information content (AvgIpc) is 2.35. The van der Waals surface area contributed by atoms with Gasteiger partial charge in [-0.15, -0.1) is 0 Å². The summed E-state index contributed by atoms with van der Waals surface area (Å²) in [5, 5.41) is 19.3. The molecular formula is C13H18N2O4. The third-order valence-electron chi connectivity index (χ3n) is 3.03. The van der Waals surface area contributed by atoms with Crippen LogP contribution in [0.1, 0.15) is 25.8 Å². The summed E-state index contributed by atoms with van der Waals surface area (Å²) in [6.07, 6.45) is 0.0841. The van der Waals surface area contributed by atoms with Gasteiger partial charge in [-0.2, -0.15) is 0 Å². The van der Waals surface area contributed by atoms with Crippen LogP contribution in [0.2, 0.25) is 0 Å². The maximum Gasteiger partial charge on any atom is 0.304 e. The Labute approximate surface area is 111 Å². The van der Waals surface area contributed by atoms with E-state index >= 15 is 0 Å². The van der Waals surface area contributed by atoms with Crippen molar-refractivity contribution >= 4 is 11.7 Å². The van der Waals surface area contributed by atoms with Gasteiger partial charge in [-0.25, -0.2) is 0 Å². The van der Waals surface area contributed by atoms with E-state index in [9.17, 15) is 14.9 Å². The number of rotatable bonds is 7. The highest BCUT2D eigenvalue weighted by atomic mass is 16.6. The molecule has 0 saturated carbocycles. The molecule has 104 valence electrons. The van der Waals surface area contributed by atoms with E-state index in [0.717, 1.165) is 12.1 Å². The fraction of sp³-hybridized carbons (Fsp3) is 0.462. The highest BCUT2D eigenvalue weighted by molar-refractivity contribution is 5.67. The molecular weight excluding hydrogens is 248 g/mol. The lowest BCUT2D eigenvalue weighted by Crippen LogP contribution is -2.34. The van der Waals surface area contributed by atoms with Crippen LogP contribution in [0.15, 0.2) is 24.3 Å². The van der Waals surface area contributed by atoms with E-state index in [2.05, 4.69) is 0 Å². The van der Waals surface area contributed by atoms with Crippen molar-refractivity contribution in [3.63, 3.8) is 0 Å². The molecule has 6 nitrogen and oxygen atoms in total. The normalized spacial score (nSPS) is 12.4. The third kappa shape index (κ3) is 4.67. The minimum absolute atomic E-state index is 0.0605. The summed E-state index contributed by atoms with van der Waals surface area (Å²) in [5.74, 6) is -0.824. The van der Waals surface area contributed by atoms with Gasteiger partial charge in [0.15, 0.2) is 0 Å². The Morgan fingerprint density at radius 3 is 2.42 bits per heavy atom. The van der Waals surface area contributed by atoms with Crippen molar-refractivity contribution < 1.29 is 14.8 Å². The van der Waals surface area contributed by atoms with Crippen LogP contribution in [0, 0.1) is 10.1 Å². The number of nitro benzene ring substituents is 1. The van der Waals surface area contributed by atoms with Crippen molar-refractivity contribution in [3.05, 3.63) is 39.9 Å². The molecule has 1 atom stereocenters. The monoisotopic (exact) mass is 266 g/mol. The molecule has 0 saturated heterocycles. The molecule has 0 aliphatic carbocycles. The number of nitro groups is 1. The number of hydrogen-bond acceptors (Lipinski definition) is 4. The Bertz CT molecular complexity index is 444. The zero-order chi connectivity index (χ0) is 14.4. The van der Waals surface area contributed by atoms with Crippen LogP contribution in [0.25, 0.3) is 0 Å². The molecule has 19 heavy (non-hydrogen) atoms. The molecule has 0 aliphatic heterocycles. The van der Waals surface area contributed by atoms with Crippen LogP contribution in [-0.2, 0) is 11.3 Å².